The van der Waals surface area contributed by atoms with Gasteiger partial charge >= 0.3 is 0 Å². The molecule has 0 amide bonds. The van der Waals surface area contributed by atoms with E-state index in [0.717, 1.165) is 16.9 Å². The van der Waals surface area contributed by atoms with E-state index in [1.807, 2.05) is 30.3 Å². The van der Waals surface area contributed by atoms with Crippen LogP contribution < -0.4 is 4.74 Å². The van der Waals surface area contributed by atoms with Gasteiger partial charge < -0.3 is 4.74 Å². The minimum absolute atomic E-state index is 0.0291. The summed E-state index contributed by atoms with van der Waals surface area (Å²) in [7, 11) is 1.62. The van der Waals surface area contributed by atoms with E-state index in [-0.39, 0.29) is 5.78 Å². The number of hydrogen-bond donors (Lipinski definition) is 0. The maximum absolute atomic E-state index is 11.4. The molecule has 2 rings (SSSR count). The highest BCUT2D eigenvalue weighted by atomic mass is 35.5. The molecule has 0 aliphatic carbocycles. The van der Waals surface area contributed by atoms with Crippen molar-refractivity contribution in [3.63, 3.8) is 0 Å². The predicted molar refractivity (Wildman–Crippen MR) is 73.4 cm³/mol. The molecule has 18 heavy (non-hydrogen) atoms. The minimum Gasteiger partial charge on any atom is -0.497 e. The van der Waals surface area contributed by atoms with E-state index in [2.05, 4.69) is 0 Å². The molecule has 2 nitrogen and oxygen atoms in total. The highest BCUT2D eigenvalue weighted by Crippen LogP contribution is 2.30. The van der Waals surface area contributed by atoms with Gasteiger partial charge in [0.05, 0.1) is 7.11 Å². The Labute approximate surface area is 111 Å². The van der Waals surface area contributed by atoms with Crippen molar-refractivity contribution in [3.05, 3.63) is 53.1 Å². The Morgan fingerprint density at radius 1 is 1.11 bits per heavy atom. The van der Waals surface area contributed by atoms with E-state index < -0.39 is 0 Å². The fraction of sp³-hybridized carbons (Fsp3) is 0.133. The van der Waals surface area contributed by atoms with Gasteiger partial charge in [0, 0.05) is 16.1 Å². The Balaban J connectivity index is 2.48. The lowest BCUT2D eigenvalue weighted by Gasteiger charge is -2.07. The van der Waals surface area contributed by atoms with Gasteiger partial charge in [0.25, 0.3) is 0 Å². The molecule has 0 heterocycles. The van der Waals surface area contributed by atoms with Crippen LogP contribution in [0.2, 0.25) is 5.02 Å². The van der Waals surface area contributed by atoms with Crippen molar-refractivity contribution in [2.24, 2.45) is 0 Å². The van der Waals surface area contributed by atoms with Crippen LogP contribution >= 0.6 is 11.6 Å². The van der Waals surface area contributed by atoms with Gasteiger partial charge in [-0.2, -0.15) is 0 Å². The number of halogens is 1. The molecule has 0 aromatic heterocycles. The second-order valence-electron chi connectivity index (χ2n) is 3.98. The van der Waals surface area contributed by atoms with Crippen molar-refractivity contribution in [3.8, 4) is 16.9 Å². The average molecular weight is 261 g/mol. The largest absolute Gasteiger partial charge is 0.497 e. The first-order valence-corrected chi connectivity index (χ1v) is 5.94. The molecule has 0 aliphatic heterocycles. The topological polar surface area (TPSA) is 26.3 Å². The van der Waals surface area contributed by atoms with Crippen molar-refractivity contribution in [1.82, 2.24) is 0 Å². The normalized spacial score (nSPS) is 10.2. The predicted octanol–water partition coefficient (Wildman–Crippen LogP) is 4.22. The van der Waals surface area contributed by atoms with E-state index >= 15 is 0 Å². The smallest absolute Gasteiger partial charge is 0.159 e. The highest BCUT2D eigenvalue weighted by molar-refractivity contribution is 6.33. The monoisotopic (exact) mass is 260 g/mol. The third-order valence-electron chi connectivity index (χ3n) is 2.77. The summed E-state index contributed by atoms with van der Waals surface area (Å²) >= 11 is 6.17. The van der Waals surface area contributed by atoms with Gasteiger partial charge in [0.1, 0.15) is 5.75 Å². The van der Waals surface area contributed by atoms with Crippen LogP contribution in [0.15, 0.2) is 42.5 Å². The maximum atomic E-state index is 11.4. The molecule has 0 N–H and O–H groups in total. The van der Waals surface area contributed by atoms with Crippen LogP contribution in [0, 0.1) is 0 Å². The molecule has 0 spiro atoms. The van der Waals surface area contributed by atoms with Crippen LogP contribution in [0.3, 0.4) is 0 Å². The molecule has 2 aromatic rings. The van der Waals surface area contributed by atoms with Gasteiger partial charge in [-0.25, -0.2) is 0 Å². The van der Waals surface area contributed by atoms with Crippen LogP contribution in [0.5, 0.6) is 5.75 Å². The summed E-state index contributed by atoms with van der Waals surface area (Å²) in [6, 6.07) is 12.9. The lowest BCUT2D eigenvalue weighted by Crippen LogP contribution is -1.92. The van der Waals surface area contributed by atoms with Gasteiger partial charge in [0.15, 0.2) is 5.78 Å². The summed E-state index contributed by atoms with van der Waals surface area (Å²) < 4.78 is 5.11. The summed E-state index contributed by atoms with van der Waals surface area (Å²) in [5.41, 5.74) is 2.47. The van der Waals surface area contributed by atoms with Crippen LogP contribution in [0.25, 0.3) is 11.1 Å². The molecule has 0 saturated carbocycles. The van der Waals surface area contributed by atoms with Gasteiger partial charge in [-0.05, 0) is 42.8 Å². The molecule has 92 valence electrons. The summed E-state index contributed by atoms with van der Waals surface area (Å²) in [5.74, 6) is 0.819. The number of hydrogen-bond acceptors (Lipinski definition) is 2. The first-order chi connectivity index (χ1) is 8.61. The van der Waals surface area contributed by atoms with Crippen molar-refractivity contribution in [2.45, 2.75) is 6.92 Å². The molecule has 0 bridgehead atoms. The summed E-state index contributed by atoms with van der Waals surface area (Å²) in [5, 5.41) is 0.630. The first-order valence-electron chi connectivity index (χ1n) is 5.56. The molecule has 2 aromatic carbocycles. The highest BCUT2D eigenvalue weighted by Gasteiger charge is 2.07. The molecule has 0 saturated heterocycles. The number of ether oxygens (including phenoxy) is 1. The van der Waals surface area contributed by atoms with Crippen molar-refractivity contribution < 1.29 is 9.53 Å². The molecule has 0 atom stereocenters. The Kier molecular flexibility index (Phi) is 3.68. The Hall–Kier alpha value is -1.80. The van der Waals surface area contributed by atoms with Crippen molar-refractivity contribution in [1.29, 1.82) is 0 Å². The Bertz CT molecular complexity index is 574. The number of ketones is 1. The van der Waals surface area contributed by atoms with Gasteiger partial charge in [-0.1, -0.05) is 23.7 Å². The van der Waals surface area contributed by atoms with Crippen LogP contribution in [0.1, 0.15) is 17.3 Å². The van der Waals surface area contributed by atoms with E-state index in [1.54, 1.807) is 26.2 Å². The van der Waals surface area contributed by atoms with E-state index in [0.29, 0.717) is 10.6 Å². The average Bonchev–Trinajstić information content (AvgIpc) is 2.39. The third-order valence-corrected chi connectivity index (χ3v) is 3.10. The van der Waals surface area contributed by atoms with Gasteiger partial charge in [-0.15, -0.1) is 0 Å². The molecular formula is C15H13ClO2. The quantitative estimate of drug-likeness (QED) is 0.773. The summed E-state index contributed by atoms with van der Waals surface area (Å²) in [6.07, 6.45) is 0. The van der Waals surface area contributed by atoms with Gasteiger partial charge in [-0.3, -0.25) is 4.79 Å². The molecule has 0 aliphatic rings. The van der Waals surface area contributed by atoms with Crippen LogP contribution in [0.4, 0.5) is 0 Å². The summed E-state index contributed by atoms with van der Waals surface area (Å²) in [6.45, 7) is 1.54. The Morgan fingerprint density at radius 2 is 1.78 bits per heavy atom. The number of carbonyl (C=O) groups is 1. The molecular weight excluding hydrogens is 248 g/mol. The van der Waals surface area contributed by atoms with Gasteiger partial charge in [0.2, 0.25) is 0 Å². The van der Waals surface area contributed by atoms with E-state index in [1.165, 1.54) is 0 Å². The second kappa shape index (κ2) is 5.23. The molecule has 0 fully saturated rings. The number of rotatable bonds is 3. The third kappa shape index (κ3) is 2.54. The zero-order chi connectivity index (χ0) is 13.1. The minimum atomic E-state index is 0.0291. The van der Waals surface area contributed by atoms with E-state index in [4.69, 9.17) is 16.3 Å². The first kappa shape index (κ1) is 12.7. The van der Waals surface area contributed by atoms with Crippen LogP contribution in [-0.2, 0) is 0 Å². The maximum Gasteiger partial charge on any atom is 0.159 e. The molecule has 0 radical (unpaired) electrons. The second-order valence-corrected chi connectivity index (χ2v) is 4.39. The number of methoxy groups -OCH3 is 1. The summed E-state index contributed by atoms with van der Waals surface area (Å²) in [4.78, 5) is 11.4. The standard InChI is InChI=1S/C15H13ClO2/c1-10(17)12-5-8-15(16)14(9-12)11-3-6-13(18-2)7-4-11/h3-9H,1-2H3. The lowest BCUT2D eigenvalue weighted by molar-refractivity contribution is 0.101. The zero-order valence-electron chi connectivity index (χ0n) is 10.2. The number of carbonyl (C=O) groups excluding carboxylic acids is 1. The van der Waals surface area contributed by atoms with Crippen molar-refractivity contribution in [2.75, 3.05) is 7.11 Å². The number of Topliss-reactive ketones (excluding diaryl/α,β-unsaturated/α-hetero) is 1. The SMILES string of the molecule is COc1ccc(-c2cc(C(C)=O)ccc2Cl)cc1. The Morgan fingerprint density at radius 3 is 2.33 bits per heavy atom. The fourth-order valence-corrected chi connectivity index (χ4v) is 1.96. The lowest BCUT2D eigenvalue weighted by atomic mass is 10.0. The molecule has 3 heteroatoms. The molecule has 0 unspecified atom stereocenters. The fourth-order valence-electron chi connectivity index (χ4n) is 1.74. The van der Waals surface area contributed by atoms with E-state index in [9.17, 15) is 4.79 Å². The van der Waals surface area contributed by atoms with Crippen molar-refractivity contribution >= 4 is 17.4 Å². The zero-order valence-corrected chi connectivity index (χ0v) is 11.0. The number of benzene rings is 2. The van der Waals surface area contributed by atoms with Crippen LogP contribution in [-0.4, -0.2) is 12.9 Å².